The van der Waals surface area contributed by atoms with Gasteiger partial charge in [0, 0.05) is 36.4 Å². The number of carbonyl (C=O) groups is 1. The Bertz CT molecular complexity index is 1050. The standard InChI is InChI=1S/C21H20FN3O3/c22-14-3-5-17-16-4-2-13(9-18(16)28-19(17)10-14)8-15(11-23)25-21(26)20-12-24-6-1-7-27-20/h2-5,9-10,15,20,24H,1,6-8,12H2,(H,25,26)/t15-,20-/m0/s1. The molecule has 1 amide bonds. The van der Waals surface area contributed by atoms with E-state index >= 15 is 0 Å². The molecule has 2 aromatic carbocycles. The summed E-state index contributed by atoms with van der Waals surface area (Å²) in [4.78, 5) is 12.4. The average Bonchev–Trinajstić information content (AvgIpc) is 2.85. The van der Waals surface area contributed by atoms with Gasteiger partial charge in [-0.05, 0) is 36.7 Å². The first kappa shape index (κ1) is 18.4. The number of halogens is 1. The van der Waals surface area contributed by atoms with Crippen molar-refractivity contribution >= 4 is 27.8 Å². The third-order valence-corrected chi connectivity index (χ3v) is 4.85. The van der Waals surface area contributed by atoms with Crippen LogP contribution in [0.2, 0.25) is 0 Å². The number of furan rings is 1. The first-order valence-electron chi connectivity index (χ1n) is 9.27. The molecule has 4 rings (SSSR count). The molecule has 1 aliphatic heterocycles. The number of carbonyl (C=O) groups excluding carboxylic acids is 1. The lowest BCUT2D eigenvalue weighted by Crippen LogP contribution is -2.46. The topological polar surface area (TPSA) is 87.3 Å². The van der Waals surface area contributed by atoms with Crippen molar-refractivity contribution in [1.82, 2.24) is 10.6 Å². The molecule has 2 heterocycles. The zero-order chi connectivity index (χ0) is 19.5. The normalized spacial score (nSPS) is 18.5. The number of nitrogens with one attached hydrogen (secondary N) is 2. The Morgan fingerprint density at radius 1 is 1.29 bits per heavy atom. The fourth-order valence-electron chi connectivity index (χ4n) is 3.43. The predicted octanol–water partition coefficient (Wildman–Crippen LogP) is 2.65. The summed E-state index contributed by atoms with van der Waals surface area (Å²) in [6.45, 7) is 1.77. The van der Waals surface area contributed by atoms with E-state index < -0.39 is 12.1 Å². The molecule has 0 bridgehead atoms. The highest BCUT2D eigenvalue weighted by Crippen LogP contribution is 2.30. The predicted molar refractivity (Wildman–Crippen MR) is 102 cm³/mol. The largest absolute Gasteiger partial charge is 0.456 e. The molecule has 1 fully saturated rings. The summed E-state index contributed by atoms with van der Waals surface area (Å²) in [6, 6.07) is 11.5. The van der Waals surface area contributed by atoms with E-state index in [1.807, 2.05) is 18.2 Å². The highest BCUT2D eigenvalue weighted by atomic mass is 19.1. The number of hydrogen-bond acceptors (Lipinski definition) is 5. The molecule has 0 saturated carbocycles. The van der Waals surface area contributed by atoms with Crippen molar-refractivity contribution in [3.8, 4) is 6.07 Å². The number of rotatable bonds is 4. The minimum atomic E-state index is -0.682. The molecule has 0 spiro atoms. The zero-order valence-electron chi connectivity index (χ0n) is 15.2. The maximum atomic E-state index is 13.4. The van der Waals surface area contributed by atoms with Crippen LogP contribution in [0.5, 0.6) is 0 Å². The highest BCUT2D eigenvalue weighted by Gasteiger charge is 2.23. The Morgan fingerprint density at radius 3 is 2.89 bits per heavy atom. The number of hydrogen-bond donors (Lipinski definition) is 2. The summed E-state index contributed by atoms with van der Waals surface area (Å²) in [5.41, 5.74) is 1.95. The van der Waals surface area contributed by atoms with E-state index in [0.717, 1.165) is 29.3 Å². The Hall–Kier alpha value is -2.95. The first-order valence-corrected chi connectivity index (χ1v) is 9.27. The molecule has 2 N–H and O–H groups in total. The summed E-state index contributed by atoms with van der Waals surface area (Å²) in [6.07, 6.45) is 0.600. The van der Waals surface area contributed by atoms with Gasteiger partial charge in [0.25, 0.3) is 5.91 Å². The summed E-state index contributed by atoms with van der Waals surface area (Å²) in [7, 11) is 0. The number of benzene rings is 2. The summed E-state index contributed by atoms with van der Waals surface area (Å²) in [5.74, 6) is -0.643. The van der Waals surface area contributed by atoms with Crippen LogP contribution in [0.25, 0.3) is 21.9 Å². The minimum Gasteiger partial charge on any atom is -0.456 e. The third-order valence-electron chi connectivity index (χ3n) is 4.85. The SMILES string of the molecule is N#C[C@H](Cc1ccc2c(c1)oc1cc(F)ccc12)NC(=O)[C@@H]1CNCCCO1. The lowest BCUT2D eigenvalue weighted by Gasteiger charge is -2.18. The first-order chi connectivity index (χ1) is 13.6. The number of ether oxygens (including phenoxy) is 1. The van der Waals surface area contributed by atoms with Crippen LogP contribution >= 0.6 is 0 Å². The fraction of sp³-hybridized carbons (Fsp3) is 0.333. The fourth-order valence-corrected chi connectivity index (χ4v) is 3.43. The minimum absolute atomic E-state index is 0.291. The molecule has 0 radical (unpaired) electrons. The van der Waals surface area contributed by atoms with Crippen LogP contribution in [0.15, 0.2) is 40.8 Å². The molecule has 0 aliphatic carbocycles. The van der Waals surface area contributed by atoms with E-state index in [4.69, 9.17) is 9.15 Å². The Morgan fingerprint density at radius 2 is 2.07 bits per heavy atom. The Kier molecular flexibility index (Phi) is 5.24. The van der Waals surface area contributed by atoms with E-state index in [0.29, 0.717) is 30.7 Å². The van der Waals surface area contributed by atoms with Gasteiger partial charge in [-0.3, -0.25) is 4.79 Å². The van der Waals surface area contributed by atoms with Crippen LogP contribution in [0.3, 0.4) is 0 Å². The monoisotopic (exact) mass is 381 g/mol. The third kappa shape index (κ3) is 3.84. The van der Waals surface area contributed by atoms with E-state index in [9.17, 15) is 14.4 Å². The second-order valence-electron chi connectivity index (χ2n) is 6.88. The van der Waals surface area contributed by atoms with Crippen molar-refractivity contribution in [2.75, 3.05) is 19.7 Å². The molecule has 3 aromatic rings. The highest BCUT2D eigenvalue weighted by molar-refractivity contribution is 6.04. The molecule has 144 valence electrons. The van der Waals surface area contributed by atoms with Gasteiger partial charge < -0.3 is 19.8 Å². The second-order valence-corrected chi connectivity index (χ2v) is 6.88. The maximum absolute atomic E-state index is 13.4. The Balaban J connectivity index is 1.50. The molecule has 0 unspecified atom stereocenters. The summed E-state index contributed by atoms with van der Waals surface area (Å²) < 4.78 is 24.7. The van der Waals surface area contributed by atoms with Gasteiger partial charge in [-0.25, -0.2) is 4.39 Å². The van der Waals surface area contributed by atoms with Gasteiger partial charge in [-0.2, -0.15) is 5.26 Å². The van der Waals surface area contributed by atoms with Gasteiger partial charge in [0.1, 0.15) is 29.1 Å². The maximum Gasteiger partial charge on any atom is 0.251 e. The molecule has 6 nitrogen and oxygen atoms in total. The van der Waals surface area contributed by atoms with Crippen molar-refractivity contribution in [2.24, 2.45) is 0 Å². The zero-order valence-corrected chi connectivity index (χ0v) is 15.2. The second kappa shape index (κ2) is 7.97. The van der Waals surface area contributed by atoms with Gasteiger partial charge in [0.05, 0.1) is 6.07 Å². The molecule has 1 aromatic heterocycles. The molecular formula is C21H20FN3O3. The van der Waals surface area contributed by atoms with Crippen LogP contribution in [0.4, 0.5) is 4.39 Å². The lowest BCUT2D eigenvalue weighted by molar-refractivity contribution is -0.132. The van der Waals surface area contributed by atoms with Crippen LogP contribution in [-0.2, 0) is 16.0 Å². The number of nitrogens with zero attached hydrogens (tertiary/aromatic N) is 1. The summed E-state index contributed by atoms with van der Waals surface area (Å²) in [5, 5.41) is 17.1. The molecule has 2 atom stereocenters. The van der Waals surface area contributed by atoms with Crippen molar-refractivity contribution in [3.63, 3.8) is 0 Å². The van der Waals surface area contributed by atoms with Crippen LogP contribution < -0.4 is 10.6 Å². The van der Waals surface area contributed by atoms with E-state index in [1.165, 1.54) is 12.1 Å². The van der Waals surface area contributed by atoms with Crippen LogP contribution in [-0.4, -0.2) is 37.7 Å². The van der Waals surface area contributed by atoms with Crippen molar-refractivity contribution in [3.05, 3.63) is 47.8 Å². The van der Waals surface area contributed by atoms with Crippen LogP contribution in [0, 0.1) is 17.1 Å². The molecule has 7 heteroatoms. The van der Waals surface area contributed by atoms with E-state index in [-0.39, 0.29) is 11.7 Å². The average molecular weight is 381 g/mol. The van der Waals surface area contributed by atoms with Crippen LogP contribution in [0.1, 0.15) is 12.0 Å². The molecule has 1 aliphatic rings. The van der Waals surface area contributed by atoms with E-state index in [2.05, 4.69) is 16.7 Å². The van der Waals surface area contributed by atoms with Gasteiger partial charge in [0.2, 0.25) is 0 Å². The smallest absolute Gasteiger partial charge is 0.251 e. The number of amides is 1. The van der Waals surface area contributed by atoms with Gasteiger partial charge in [0.15, 0.2) is 0 Å². The van der Waals surface area contributed by atoms with Gasteiger partial charge >= 0.3 is 0 Å². The molecule has 1 saturated heterocycles. The van der Waals surface area contributed by atoms with Gasteiger partial charge in [-0.15, -0.1) is 0 Å². The van der Waals surface area contributed by atoms with Crippen molar-refractivity contribution in [2.45, 2.75) is 25.0 Å². The number of nitriles is 1. The van der Waals surface area contributed by atoms with Gasteiger partial charge in [-0.1, -0.05) is 12.1 Å². The lowest BCUT2D eigenvalue weighted by atomic mass is 10.0. The van der Waals surface area contributed by atoms with Crippen molar-refractivity contribution < 1.29 is 18.3 Å². The molecule has 28 heavy (non-hydrogen) atoms. The van der Waals surface area contributed by atoms with Crippen molar-refractivity contribution in [1.29, 1.82) is 5.26 Å². The van der Waals surface area contributed by atoms with E-state index in [1.54, 1.807) is 6.07 Å². The quantitative estimate of drug-likeness (QED) is 0.726. The Labute approximate surface area is 161 Å². The number of fused-ring (bicyclic) bond motifs is 3. The summed E-state index contributed by atoms with van der Waals surface area (Å²) >= 11 is 0. The molecular weight excluding hydrogens is 361 g/mol.